The van der Waals surface area contributed by atoms with Crippen LogP contribution in [-0.2, 0) is 6.54 Å². The summed E-state index contributed by atoms with van der Waals surface area (Å²) < 4.78 is 13.3. The van der Waals surface area contributed by atoms with E-state index in [1.54, 1.807) is 6.07 Å². The van der Waals surface area contributed by atoms with Crippen molar-refractivity contribution in [1.29, 1.82) is 0 Å². The Kier molecular flexibility index (Phi) is 5.95. The van der Waals surface area contributed by atoms with Crippen LogP contribution >= 0.6 is 0 Å². The number of nitrogens with zero attached hydrogens (tertiary/aromatic N) is 1. The van der Waals surface area contributed by atoms with Crippen molar-refractivity contribution in [2.75, 3.05) is 0 Å². The quantitative estimate of drug-likeness (QED) is 0.311. The van der Waals surface area contributed by atoms with Crippen LogP contribution in [0, 0.1) is 5.82 Å². The molecule has 20 heavy (non-hydrogen) atoms. The molecule has 0 bridgehead atoms. The number of nitrogens with one attached hydrogen (secondary N) is 1. The summed E-state index contributed by atoms with van der Waals surface area (Å²) in [5.74, 6) is -0.473. The molecule has 0 aromatic heterocycles. The summed E-state index contributed by atoms with van der Waals surface area (Å²) in [7, 11) is 0. The zero-order valence-electron chi connectivity index (χ0n) is 12.4. The first kappa shape index (κ1) is 16.4. The van der Waals surface area contributed by atoms with Gasteiger partial charge in [0.2, 0.25) is 0 Å². The van der Waals surface area contributed by atoms with E-state index in [9.17, 15) is 4.39 Å². The average molecular weight is 281 g/mol. The second-order valence-corrected chi connectivity index (χ2v) is 4.98. The minimum absolute atomic E-state index is 0.0662. The van der Waals surface area contributed by atoms with Crippen LogP contribution in [0.15, 0.2) is 23.4 Å². The van der Waals surface area contributed by atoms with Gasteiger partial charge in [-0.05, 0) is 37.0 Å². The fourth-order valence-corrected chi connectivity index (χ4v) is 2.40. The molecule has 4 N–H and O–H groups in total. The number of halogens is 1. The van der Waals surface area contributed by atoms with Crippen molar-refractivity contribution in [3.05, 3.63) is 35.1 Å². The lowest BCUT2D eigenvalue weighted by Crippen LogP contribution is -2.43. The topological polar surface area (TPSA) is 70.6 Å². The molecule has 0 heterocycles. The van der Waals surface area contributed by atoms with Crippen LogP contribution in [0.4, 0.5) is 4.39 Å². The van der Waals surface area contributed by atoms with E-state index in [2.05, 4.69) is 31.2 Å². The Morgan fingerprint density at radius 3 is 2.40 bits per heavy atom. The normalized spacial score (nSPS) is 12.7. The number of hydrogen-bond acceptors (Lipinski definition) is 3. The van der Waals surface area contributed by atoms with Gasteiger partial charge in [0, 0.05) is 17.6 Å². The molecule has 112 valence electrons. The second kappa shape index (κ2) is 7.24. The third-order valence-electron chi connectivity index (χ3n) is 4.14. The first-order chi connectivity index (χ1) is 9.51. The van der Waals surface area contributed by atoms with Crippen molar-refractivity contribution in [3.8, 4) is 0 Å². The van der Waals surface area contributed by atoms with Crippen LogP contribution in [0.25, 0.3) is 0 Å². The number of nitrogens with two attached hydrogens (primary N) is 1. The Labute approximate surface area is 119 Å². The van der Waals surface area contributed by atoms with Crippen LogP contribution in [-0.4, -0.2) is 16.6 Å². The van der Waals surface area contributed by atoms with Crippen LogP contribution in [0.5, 0.6) is 0 Å². The molecule has 0 aliphatic heterocycles. The summed E-state index contributed by atoms with van der Waals surface area (Å²) in [5.41, 5.74) is 6.92. The summed E-state index contributed by atoms with van der Waals surface area (Å²) in [5, 5.41) is 15.3. The predicted octanol–water partition coefficient (Wildman–Crippen LogP) is 2.98. The third kappa shape index (κ3) is 3.70. The second-order valence-electron chi connectivity index (χ2n) is 4.98. The molecule has 0 aliphatic carbocycles. The minimum Gasteiger partial charge on any atom is -0.409 e. The molecular weight excluding hydrogens is 257 g/mol. The van der Waals surface area contributed by atoms with Gasteiger partial charge >= 0.3 is 0 Å². The Morgan fingerprint density at radius 2 is 1.90 bits per heavy atom. The smallest absolute Gasteiger partial charge is 0.170 e. The predicted molar refractivity (Wildman–Crippen MR) is 79.4 cm³/mol. The van der Waals surface area contributed by atoms with Gasteiger partial charge in [-0.2, -0.15) is 0 Å². The highest BCUT2D eigenvalue weighted by Gasteiger charge is 2.23. The molecule has 5 heteroatoms. The average Bonchev–Trinajstić information content (AvgIpc) is 2.49. The molecule has 0 amide bonds. The van der Waals surface area contributed by atoms with Gasteiger partial charge in [-0.15, -0.1) is 0 Å². The molecule has 0 saturated carbocycles. The molecule has 0 spiro atoms. The summed E-state index contributed by atoms with van der Waals surface area (Å²) in [6, 6.07) is 4.34. The van der Waals surface area contributed by atoms with Gasteiger partial charge in [-0.3, -0.25) is 0 Å². The van der Waals surface area contributed by atoms with Crippen LogP contribution in [0.1, 0.15) is 51.2 Å². The van der Waals surface area contributed by atoms with Gasteiger partial charge in [-0.1, -0.05) is 32.0 Å². The minimum atomic E-state index is -0.400. The van der Waals surface area contributed by atoms with Crippen LogP contribution in [0.3, 0.4) is 0 Å². The van der Waals surface area contributed by atoms with Crippen LogP contribution in [0.2, 0.25) is 0 Å². The van der Waals surface area contributed by atoms with Gasteiger partial charge in [0.15, 0.2) is 5.84 Å². The highest BCUT2D eigenvalue weighted by molar-refractivity contribution is 5.98. The molecule has 0 atom stereocenters. The van der Waals surface area contributed by atoms with E-state index < -0.39 is 5.82 Å². The van der Waals surface area contributed by atoms with E-state index in [0.29, 0.717) is 12.1 Å². The summed E-state index contributed by atoms with van der Waals surface area (Å²) in [4.78, 5) is 0. The zero-order valence-corrected chi connectivity index (χ0v) is 12.4. The molecule has 1 aromatic rings. The molecule has 1 aromatic carbocycles. The number of amidine groups is 1. The Bertz CT molecular complexity index is 462. The lowest BCUT2D eigenvalue weighted by molar-refractivity contribution is 0.288. The Hall–Kier alpha value is -1.62. The Balaban J connectivity index is 2.98. The standard InChI is InChI=1S/C15H24FN3O/c1-4-15(5-2,6-3)18-10-11-7-8-12(16)9-13(11)14(17)19-20/h7-9,18,20H,4-6,10H2,1-3H3,(H2,17,19). The molecule has 1 rings (SSSR count). The Morgan fingerprint density at radius 1 is 1.30 bits per heavy atom. The first-order valence-electron chi connectivity index (χ1n) is 7.03. The maximum atomic E-state index is 13.3. The summed E-state index contributed by atoms with van der Waals surface area (Å²) in [6.07, 6.45) is 3.04. The van der Waals surface area contributed by atoms with Crippen molar-refractivity contribution in [1.82, 2.24) is 5.32 Å². The van der Waals surface area contributed by atoms with Gasteiger partial charge in [0.05, 0.1) is 0 Å². The van der Waals surface area contributed by atoms with Crippen molar-refractivity contribution < 1.29 is 9.60 Å². The maximum absolute atomic E-state index is 13.3. The van der Waals surface area contributed by atoms with E-state index in [4.69, 9.17) is 10.9 Å². The molecule has 4 nitrogen and oxygen atoms in total. The van der Waals surface area contributed by atoms with E-state index in [1.807, 2.05) is 0 Å². The monoisotopic (exact) mass is 281 g/mol. The van der Waals surface area contributed by atoms with Gasteiger partial charge in [0.1, 0.15) is 5.82 Å². The molecule has 0 radical (unpaired) electrons. The van der Waals surface area contributed by atoms with E-state index in [1.165, 1.54) is 12.1 Å². The number of oxime groups is 1. The van der Waals surface area contributed by atoms with E-state index in [-0.39, 0.29) is 11.4 Å². The molecule has 0 saturated heterocycles. The molecule has 0 unspecified atom stereocenters. The molecule has 0 fully saturated rings. The molecular formula is C15H24FN3O. The summed E-state index contributed by atoms with van der Waals surface area (Å²) in [6.45, 7) is 7.00. The highest BCUT2D eigenvalue weighted by Crippen LogP contribution is 2.21. The lowest BCUT2D eigenvalue weighted by Gasteiger charge is -2.32. The SMILES string of the molecule is CCC(CC)(CC)NCc1ccc(F)cc1C(N)=NO. The highest BCUT2D eigenvalue weighted by atomic mass is 19.1. The first-order valence-corrected chi connectivity index (χ1v) is 7.03. The van der Waals surface area contributed by atoms with Gasteiger partial charge < -0.3 is 16.3 Å². The fourth-order valence-electron chi connectivity index (χ4n) is 2.40. The van der Waals surface area contributed by atoms with Crippen molar-refractivity contribution >= 4 is 5.84 Å². The van der Waals surface area contributed by atoms with Crippen molar-refractivity contribution in [2.45, 2.75) is 52.1 Å². The molecule has 0 aliphatic rings. The summed E-state index contributed by atoms with van der Waals surface area (Å²) >= 11 is 0. The van der Waals surface area contributed by atoms with Gasteiger partial charge in [-0.25, -0.2) is 4.39 Å². The van der Waals surface area contributed by atoms with Crippen LogP contribution < -0.4 is 11.1 Å². The third-order valence-corrected chi connectivity index (χ3v) is 4.14. The van der Waals surface area contributed by atoms with E-state index >= 15 is 0 Å². The van der Waals surface area contributed by atoms with Gasteiger partial charge in [0.25, 0.3) is 0 Å². The zero-order chi connectivity index (χ0) is 15.2. The maximum Gasteiger partial charge on any atom is 0.170 e. The number of benzene rings is 1. The fraction of sp³-hybridized carbons (Fsp3) is 0.533. The largest absolute Gasteiger partial charge is 0.409 e. The number of rotatable bonds is 7. The van der Waals surface area contributed by atoms with E-state index in [0.717, 1.165) is 24.8 Å². The van der Waals surface area contributed by atoms with Crippen molar-refractivity contribution in [3.63, 3.8) is 0 Å². The number of hydrogen-bond donors (Lipinski definition) is 3. The lowest BCUT2D eigenvalue weighted by atomic mass is 9.89. The van der Waals surface area contributed by atoms with Crippen molar-refractivity contribution in [2.24, 2.45) is 10.9 Å².